The maximum Gasteiger partial charge on any atom is 0.325 e. The van der Waals surface area contributed by atoms with E-state index in [1.54, 1.807) is 16.8 Å². The number of hydrogen-bond donors (Lipinski definition) is 1. The lowest BCUT2D eigenvalue weighted by Gasteiger charge is -2.06. The summed E-state index contributed by atoms with van der Waals surface area (Å²) in [5.41, 5.74) is 3.70. The Kier molecular flexibility index (Phi) is 4.44. The molecule has 1 fully saturated rings. The van der Waals surface area contributed by atoms with Gasteiger partial charge >= 0.3 is 5.97 Å². The number of nitrogens with one attached hydrogen (secondary N) is 1. The van der Waals surface area contributed by atoms with Crippen LogP contribution in [-0.2, 0) is 33.8 Å². The minimum absolute atomic E-state index is 0.0671. The number of amides is 1. The van der Waals surface area contributed by atoms with E-state index in [0.29, 0.717) is 0 Å². The van der Waals surface area contributed by atoms with E-state index < -0.39 is 5.97 Å². The SMILES string of the molecule is O=C(CNC(=O)C1CC1)OCc1nn(-c2ccc(F)cc2)c2c1CCC2. The highest BCUT2D eigenvalue weighted by Crippen LogP contribution is 2.29. The molecule has 1 N–H and O–H groups in total. The molecule has 1 aromatic carbocycles. The van der Waals surface area contributed by atoms with Gasteiger partial charge in [0.15, 0.2) is 0 Å². The highest BCUT2D eigenvalue weighted by molar-refractivity contribution is 5.84. The molecule has 2 aromatic rings. The van der Waals surface area contributed by atoms with Crippen molar-refractivity contribution in [1.82, 2.24) is 15.1 Å². The van der Waals surface area contributed by atoms with Gasteiger partial charge in [-0.15, -0.1) is 0 Å². The van der Waals surface area contributed by atoms with E-state index in [1.165, 1.54) is 12.1 Å². The Morgan fingerprint density at radius 3 is 2.73 bits per heavy atom. The lowest BCUT2D eigenvalue weighted by Crippen LogP contribution is -2.31. The van der Waals surface area contributed by atoms with Gasteiger partial charge in [0.1, 0.15) is 24.7 Å². The number of carbonyl (C=O) groups excluding carboxylic acids is 2. The summed E-state index contributed by atoms with van der Waals surface area (Å²) in [5, 5.41) is 7.16. The molecule has 2 aliphatic rings. The normalized spacial score (nSPS) is 15.6. The van der Waals surface area contributed by atoms with Crippen LogP contribution in [-0.4, -0.2) is 28.2 Å². The van der Waals surface area contributed by atoms with Gasteiger partial charge in [-0.25, -0.2) is 9.07 Å². The van der Waals surface area contributed by atoms with Crippen molar-refractivity contribution >= 4 is 11.9 Å². The fourth-order valence-electron chi connectivity index (χ4n) is 3.27. The Morgan fingerprint density at radius 2 is 2.00 bits per heavy atom. The van der Waals surface area contributed by atoms with Crippen LogP contribution in [0.25, 0.3) is 5.69 Å². The molecular weight excluding hydrogens is 337 g/mol. The van der Waals surface area contributed by atoms with Crippen molar-refractivity contribution in [2.24, 2.45) is 5.92 Å². The zero-order valence-corrected chi connectivity index (χ0v) is 14.3. The average molecular weight is 357 g/mol. The molecule has 7 heteroatoms. The first kappa shape index (κ1) is 16.8. The minimum Gasteiger partial charge on any atom is -0.458 e. The monoisotopic (exact) mass is 357 g/mol. The summed E-state index contributed by atoms with van der Waals surface area (Å²) in [6.45, 7) is -0.0369. The molecule has 2 aliphatic carbocycles. The zero-order valence-electron chi connectivity index (χ0n) is 14.3. The zero-order chi connectivity index (χ0) is 18.1. The molecule has 1 heterocycles. The Balaban J connectivity index is 1.42. The van der Waals surface area contributed by atoms with E-state index in [2.05, 4.69) is 10.4 Å². The average Bonchev–Trinajstić information content (AvgIpc) is 3.28. The molecule has 0 unspecified atom stereocenters. The summed E-state index contributed by atoms with van der Waals surface area (Å²) in [4.78, 5) is 23.4. The van der Waals surface area contributed by atoms with E-state index in [9.17, 15) is 14.0 Å². The van der Waals surface area contributed by atoms with E-state index >= 15 is 0 Å². The summed E-state index contributed by atoms with van der Waals surface area (Å²) in [6, 6.07) is 6.18. The molecule has 6 nitrogen and oxygen atoms in total. The van der Waals surface area contributed by atoms with Crippen LogP contribution in [0.3, 0.4) is 0 Å². The first-order valence-electron chi connectivity index (χ1n) is 8.91. The number of halogens is 1. The second-order valence-electron chi connectivity index (χ2n) is 6.77. The molecule has 0 saturated heterocycles. The Bertz CT molecular complexity index is 840. The summed E-state index contributed by atoms with van der Waals surface area (Å²) in [6.07, 6.45) is 4.60. The first-order chi connectivity index (χ1) is 12.6. The van der Waals surface area contributed by atoms with Crippen LogP contribution in [0.5, 0.6) is 0 Å². The van der Waals surface area contributed by atoms with Gasteiger partial charge in [-0.3, -0.25) is 9.59 Å². The maximum atomic E-state index is 13.2. The fraction of sp³-hybridized carbons (Fsp3) is 0.421. The molecule has 0 spiro atoms. The maximum absolute atomic E-state index is 13.2. The molecular formula is C19H20FN3O3. The third-order valence-corrected chi connectivity index (χ3v) is 4.81. The van der Waals surface area contributed by atoms with Crippen molar-refractivity contribution in [1.29, 1.82) is 0 Å². The third-order valence-electron chi connectivity index (χ3n) is 4.81. The number of nitrogens with zero attached hydrogens (tertiary/aromatic N) is 2. The van der Waals surface area contributed by atoms with Crippen molar-refractivity contribution in [2.75, 3.05) is 6.54 Å². The highest BCUT2D eigenvalue weighted by atomic mass is 19.1. The fourth-order valence-corrected chi connectivity index (χ4v) is 3.27. The number of ether oxygens (including phenoxy) is 1. The van der Waals surface area contributed by atoms with Crippen molar-refractivity contribution in [3.8, 4) is 5.69 Å². The Morgan fingerprint density at radius 1 is 1.23 bits per heavy atom. The quantitative estimate of drug-likeness (QED) is 0.804. The lowest BCUT2D eigenvalue weighted by molar-refractivity contribution is -0.145. The van der Waals surface area contributed by atoms with E-state index in [0.717, 1.165) is 54.7 Å². The molecule has 136 valence electrons. The third kappa shape index (κ3) is 3.47. The highest BCUT2D eigenvalue weighted by Gasteiger charge is 2.30. The van der Waals surface area contributed by atoms with Gasteiger partial charge in [0.05, 0.1) is 5.69 Å². The van der Waals surface area contributed by atoms with Crippen LogP contribution in [0.15, 0.2) is 24.3 Å². The number of fused-ring (bicyclic) bond motifs is 1. The van der Waals surface area contributed by atoms with Crippen LogP contribution < -0.4 is 5.32 Å². The number of rotatable bonds is 6. The van der Waals surface area contributed by atoms with E-state index in [4.69, 9.17) is 4.74 Å². The molecule has 0 bridgehead atoms. The van der Waals surface area contributed by atoms with Crippen molar-refractivity contribution < 1.29 is 18.7 Å². The van der Waals surface area contributed by atoms with Gasteiger partial charge in [-0.05, 0) is 56.4 Å². The van der Waals surface area contributed by atoms with Gasteiger partial charge in [-0.1, -0.05) is 0 Å². The van der Waals surface area contributed by atoms with Crippen LogP contribution >= 0.6 is 0 Å². The first-order valence-corrected chi connectivity index (χ1v) is 8.91. The van der Waals surface area contributed by atoms with Gasteiger partial charge in [0.25, 0.3) is 0 Å². The number of benzene rings is 1. The molecule has 26 heavy (non-hydrogen) atoms. The standard InChI is InChI=1S/C19H20FN3O3/c20-13-6-8-14(9-7-13)23-17-3-1-2-15(17)16(22-23)11-26-18(24)10-21-19(25)12-4-5-12/h6-9,12H,1-5,10-11H2,(H,21,25). The van der Waals surface area contributed by atoms with Crippen molar-refractivity contribution in [3.05, 3.63) is 47.0 Å². The molecule has 0 radical (unpaired) electrons. The second kappa shape index (κ2) is 6.90. The Hall–Kier alpha value is -2.70. The van der Waals surface area contributed by atoms with Crippen molar-refractivity contribution in [3.63, 3.8) is 0 Å². The molecule has 0 aliphatic heterocycles. The van der Waals surface area contributed by atoms with Crippen LogP contribution in [0.2, 0.25) is 0 Å². The van der Waals surface area contributed by atoms with Gasteiger partial charge in [0, 0.05) is 17.2 Å². The van der Waals surface area contributed by atoms with Crippen LogP contribution in [0.1, 0.15) is 36.2 Å². The topological polar surface area (TPSA) is 73.2 Å². The molecule has 1 aromatic heterocycles. The predicted molar refractivity (Wildman–Crippen MR) is 91.1 cm³/mol. The largest absolute Gasteiger partial charge is 0.458 e. The van der Waals surface area contributed by atoms with E-state index in [1.807, 2.05) is 0 Å². The molecule has 1 saturated carbocycles. The second-order valence-corrected chi connectivity index (χ2v) is 6.77. The number of hydrogen-bond acceptors (Lipinski definition) is 4. The number of esters is 1. The molecule has 1 amide bonds. The summed E-state index contributed by atoms with van der Waals surface area (Å²) in [5.74, 6) is -0.775. The summed E-state index contributed by atoms with van der Waals surface area (Å²) < 4.78 is 20.2. The molecule has 4 rings (SSSR count). The lowest BCUT2D eigenvalue weighted by atomic mass is 10.2. The van der Waals surface area contributed by atoms with Gasteiger partial charge in [0.2, 0.25) is 5.91 Å². The van der Waals surface area contributed by atoms with Crippen LogP contribution in [0, 0.1) is 11.7 Å². The predicted octanol–water partition coefficient (Wildman–Crippen LogP) is 2.07. The molecule has 0 atom stereocenters. The number of carbonyl (C=O) groups is 2. The van der Waals surface area contributed by atoms with Gasteiger partial charge < -0.3 is 10.1 Å². The Labute approximate surface area is 150 Å². The van der Waals surface area contributed by atoms with Crippen LogP contribution in [0.4, 0.5) is 4.39 Å². The van der Waals surface area contributed by atoms with Crippen molar-refractivity contribution in [2.45, 2.75) is 38.7 Å². The van der Waals surface area contributed by atoms with Gasteiger partial charge in [-0.2, -0.15) is 5.10 Å². The minimum atomic E-state index is -0.470. The smallest absolute Gasteiger partial charge is 0.325 e. The number of aromatic nitrogens is 2. The summed E-state index contributed by atoms with van der Waals surface area (Å²) >= 11 is 0. The van der Waals surface area contributed by atoms with E-state index in [-0.39, 0.29) is 30.8 Å². The summed E-state index contributed by atoms with van der Waals surface area (Å²) in [7, 11) is 0.